The highest BCUT2D eigenvalue weighted by Crippen LogP contribution is 2.18. The quantitative estimate of drug-likeness (QED) is 0.365. The van der Waals surface area contributed by atoms with Crippen LogP contribution in [0.4, 0.5) is 10.1 Å². The third-order valence-electron chi connectivity index (χ3n) is 5.58. The minimum absolute atomic E-state index is 0.193. The van der Waals surface area contributed by atoms with Gasteiger partial charge in [-0.3, -0.25) is 9.59 Å². The Morgan fingerprint density at radius 3 is 2.09 bits per heavy atom. The number of nitrogens with one attached hydrogen (secondary N) is 1. The Balaban J connectivity index is 1.53. The van der Waals surface area contributed by atoms with Crippen molar-refractivity contribution in [2.75, 3.05) is 5.32 Å². The fourth-order valence-corrected chi connectivity index (χ4v) is 3.79. The average Bonchev–Trinajstić information content (AvgIpc) is 2.89. The van der Waals surface area contributed by atoms with Crippen LogP contribution in [0.1, 0.15) is 37.4 Å². The maximum absolute atomic E-state index is 13.8. The van der Waals surface area contributed by atoms with Crippen molar-refractivity contribution < 1.29 is 14.0 Å². The minimum Gasteiger partial charge on any atom is -0.330 e. The van der Waals surface area contributed by atoms with Crippen molar-refractivity contribution in [3.8, 4) is 0 Å². The Labute approximate surface area is 204 Å². The van der Waals surface area contributed by atoms with E-state index < -0.39 is 5.82 Å². The van der Waals surface area contributed by atoms with Gasteiger partial charge < -0.3 is 16.0 Å². The van der Waals surface area contributed by atoms with Gasteiger partial charge in [0.05, 0.1) is 0 Å². The number of hydrogen-bond donors (Lipinski definition) is 2. The van der Waals surface area contributed by atoms with Crippen molar-refractivity contribution in [1.82, 2.24) is 4.90 Å². The molecule has 0 aromatic heterocycles. The summed E-state index contributed by atoms with van der Waals surface area (Å²) in [5.41, 5.74) is 10.1. The zero-order valence-electron chi connectivity index (χ0n) is 19.2. The van der Waals surface area contributed by atoms with Crippen molar-refractivity contribution in [2.24, 2.45) is 5.73 Å². The fourth-order valence-electron chi connectivity index (χ4n) is 3.79. The third kappa shape index (κ3) is 6.40. The lowest BCUT2D eigenvalue weighted by Crippen LogP contribution is -2.30. The molecule has 0 unspecified atom stereocenters. The summed E-state index contributed by atoms with van der Waals surface area (Å²) in [4.78, 5) is 27.4. The summed E-state index contributed by atoms with van der Waals surface area (Å²) >= 11 is 0. The predicted octanol–water partition coefficient (Wildman–Crippen LogP) is 5.38. The van der Waals surface area contributed by atoms with Crippen molar-refractivity contribution in [3.05, 3.63) is 137 Å². The molecular weight excluding hydrogens is 441 g/mol. The molecular formula is C29H26FN3O2. The van der Waals surface area contributed by atoms with E-state index in [0.29, 0.717) is 30.9 Å². The Morgan fingerprint density at radius 1 is 0.714 bits per heavy atom. The van der Waals surface area contributed by atoms with E-state index in [1.807, 2.05) is 54.6 Å². The first-order valence-corrected chi connectivity index (χ1v) is 11.3. The van der Waals surface area contributed by atoms with Crippen LogP contribution in [0, 0.1) is 5.82 Å². The van der Waals surface area contributed by atoms with Crippen LogP contribution in [0.2, 0.25) is 0 Å². The number of rotatable bonds is 8. The smallest absolute Gasteiger partial charge is 0.255 e. The van der Waals surface area contributed by atoms with Crippen LogP contribution in [0.3, 0.4) is 0 Å². The van der Waals surface area contributed by atoms with Gasteiger partial charge in [0, 0.05) is 36.4 Å². The molecule has 0 aliphatic heterocycles. The Kier molecular flexibility index (Phi) is 7.65. The van der Waals surface area contributed by atoms with Gasteiger partial charge in [0.25, 0.3) is 11.8 Å². The molecule has 0 atom stereocenters. The van der Waals surface area contributed by atoms with E-state index in [0.717, 1.165) is 16.7 Å². The van der Waals surface area contributed by atoms with Crippen LogP contribution in [-0.2, 0) is 19.6 Å². The molecule has 0 bridgehead atoms. The van der Waals surface area contributed by atoms with Gasteiger partial charge in [-0.05, 0) is 59.2 Å². The largest absolute Gasteiger partial charge is 0.330 e. The average molecular weight is 468 g/mol. The van der Waals surface area contributed by atoms with Crippen LogP contribution < -0.4 is 11.1 Å². The van der Waals surface area contributed by atoms with Crippen LogP contribution in [0.5, 0.6) is 0 Å². The highest BCUT2D eigenvalue weighted by molar-refractivity contribution is 6.04. The summed E-state index contributed by atoms with van der Waals surface area (Å²) < 4.78 is 13.8. The van der Waals surface area contributed by atoms with Crippen LogP contribution in [-0.4, -0.2) is 16.7 Å². The van der Waals surface area contributed by atoms with E-state index in [-0.39, 0.29) is 17.4 Å². The monoisotopic (exact) mass is 467 g/mol. The number of hydrogen-bond acceptors (Lipinski definition) is 3. The van der Waals surface area contributed by atoms with Gasteiger partial charge in [-0.1, -0.05) is 60.7 Å². The van der Waals surface area contributed by atoms with E-state index in [4.69, 9.17) is 5.73 Å². The van der Waals surface area contributed by atoms with Crippen molar-refractivity contribution >= 4 is 17.5 Å². The van der Waals surface area contributed by atoms with Crippen molar-refractivity contribution in [1.29, 1.82) is 0 Å². The molecule has 0 saturated carbocycles. The summed E-state index contributed by atoms with van der Waals surface area (Å²) in [6, 6.07) is 29.7. The lowest BCUT2D eigenvalue weighted by atomic mass is 10.1. The first kappa shape index (κ1) is 23.9. The van der Waals surface area contributed by atoms with E-state index in [9.17, 15) is 14.0 Å². The number of amides is 2. The van der Waals surface area contributed by atoms with Gasteiger partial charge in [-0.2, -0.15) is 0 Å². The number of benzene rings is 4. The molecule has 0 aliphatic rings. The Bertz CT molecular complexity index is 1310. The summed E-state index contributed by atoms with van der Waals surface area (Å²) in [6.45, 7) is 1.06. The fraction of sp³-hybridized carbons (Fsp3) is 0.103. The number of halogens is 1. The molecule has 4 aromatic carbocycles. The summed E-state index contributed by atoms with van der Waals surface area (Å²) in [5.74, 6) is -0.926. The predicted molar refractivity (Wildman–Crippen MR) is 135 cm³/mol. The SMILES string of the molecule is NCc1cccc(CN(Cc2ccc(NC(=O)c3ccccc3)cc2)C(=O)c2cccc(F)c2)c1. The first-order chi connectivity index (χ1) is 17.0. The lowest BCUT2D eigenvalue weighted by molar-refractivity contribution is 0.0729. The van der Waals surface area contributed by atoms with Gasteiger partial charge in [0.1, 0.15) is 5.82 Å². The van der Waals surface area contributed by atoms with Crippen LogP contribution in [0.25, 0.3) is 0 Å². The maximum atomic E-state index is 13.8. The van der Waals surface area contributed by atoms with Gasteiger partial charge >= 0.3 is 0 Å². The summed E-state index contributed by atoms with van der Waals surface area (Å²) in [5, 5.41) is 2.87. The molecule has 176 valence electrons. The second-order valence-corrected chi connectivity index (χ2v) is 8.21. The molecule has 3 N–H and O–H groups in total. The van der Waals surface area contributed by atoms with Crippen molar-refractivity contribution in [2.45, 2.75) is 19.6 Å². The first-order valence-electron chi connectivity index (χ1n) is 11.3. The summed E-state index contributed by atoms with van der Waals surface area (Å²) in [7, 11) is 0. The molecule has 0 fully saturated rings. The van der Waals surface area contributed by atoms with E-state index in [1.54, 1.807) is 35.2 Å². The van der Waals surface area contributed by atoms with Gasteiger partial charge in [0.15, 0.2) is 0 Å². The minimum atomic E-state index is -0.459. The number of nitrogens with two attached hydrogens (primary N) is 1. The second kappa shape index (κ2) is 11.2. The number of carbonyl (C=O) groups is 2. The molecule has 0 heterocycles. The molecule has 5 nitrogen and oxygen atoms in total. The highest BCUT2D eigenvalue weighted by atomic mass is 19.1. The maximum Gasteiger partial charge on any atom is 0.255 e. The zero-order chi connectivity index (χ0) is 24.6. The molecule has 2 amide bonds. The molecule has 0 saturated heterocycles. The normalized spacial score (nSPS) is 10.6. The lowest BCUT2D eigenvalue weighted by Gasteiger charge is -2.24. The van der Waals surface area contributed by atoms with Crippen molar-refractivity contribution in [3.63, 3.8) is 0 Å². The molecule has 6 heteroatoms. The van der Waals surface area contributed by atoms with Crippen LogP contribution in [0.15, 0.2) is 103 Å². The van der Waals surface area contributed by atoms with E-state index >= 15 is 0 Å². The van der Waals surface area contributed by atoms with Gasteiger partial charge in [-0.25, -0.2) is 4.39 Å². The molecule has 35 heavy (non-hydrogen) atoms. The molecule has 0 radical (unpaired) electrons. The molecule has 4 aromatic rings. The zero-order valence-corrected chi connectivity index (χ0v) is 19.2. The Morgan fingerprint density at radius 2 is 1.37 bits per heavy atom. The van der Waals surface area contributed by atoms with Gasteiger partial charge in [0.2, 0.25) is 0 Å². The number of carbonyl (C=O) groups excluding carboxylic acids is 2. The highest BCUT2D eigenvalue weighted by Gasteiger charge is 2.18. The van der Waals surface area contributed by atoms with Gasteiger partial charge in [-0.15, -0.1) is 0 Å². The number of nitrogens with zero attached hydrogens (tertiary/aromatic N) is 1. The standard InChI is InChI=1S/C29H26FN3O2/c30-26-11-5-10-25(17-26)29(35)33(20-23-7-4-6-22(16-23)18-31)19-21-12-14-27(15-13-21)32-28(34)24-8-2-1-3-9-24/h1-17H,18-20,31H2,(H,32,34). The van der Waals surface area contributed by atoms with E-state index in [2.05, 4.69) is 5.32 Å². The molecule has 0 aliphatic carbocycles. The Hall–Kier alpha value is -4.29. The van der Waals surface area contributed by atoms with E-state index in [1.165, 1.54) is 18.2 Å². The molecule has 0 spiro atoms. The summed E-state index contributed by atoms with van der Waals surface area (Å²) in [6.07, 6.45) is 0. The number of anilines is 1. The second-order valence-electron chi connectivity index (χ2n) is 8.21. The third-order valence-corrected chi connectivity index (χ3v) is 5.58. The topological polar surface area (TPSA) is 75.4 Å². The van der Waals surface area contributed by atoms with Crippen LogP contribution >= 0.6 is 0 Å². The molecule has 4 rings (SSSR count).